The molecule has 0 radical (unpaired) electrons. The Morgan fingerprint density at radius 3 is 2.27 bits per heavy atom. The summed E-state index contributed by atoms with van der Waals surface area (Å²) in [6.45, 7) is 6.35. The summed E-state index contributed by atoms with van der Waals surface area (Å²) >= 11 is 0. The molecule has 0 bridgehead atoms. The van der Waals surface area contributed by atoms with Crippen LogP contribution in [-0.4, -0.2) is 43.0 Å². The number of carbonyl (C=O) groups is 2. The van der Waals surface area contributed by atoms with E-state index in [0.717, 1.165) is 29.7 Å². The molecule has 5 heteroatoms. The lowest BCUT2D eigenvalue weighted by molar-refractivity contribution is -0.138. The zero-order valence-corrected chi connectivity index (χ0v) is 13.4. The maximum Gasteiger partial charge on any atom is 0.233 e. The molecule has 2 rings (SSSR count). The first-order chi connectivity index (χ1) is 10.7. The second-order valence-corrected chi connectivity index (χ2v) is 5.38. The van der Waals surface area contributed by atoms with E-state index in [1.807, 2.05) is 18.2 Å². The number of amides is 2. The van der Waals surface area contributed by atoms with Gasteiger partial charge in [0.2, 0.25) is 11.8 Å². The minimum Gasteiger partial charge on any atom is -0.378 e. The first kappa shape index (κ1) is 16.5. The van der Waals surface area contributed by atoms with Crippen molar-refractivity contribution in [2.75, 3.05) is 31.6 Å². The van der Waals surface area contributed by atoms with Gasteiger partial charge in [-0.05, 0) is 24.0 Å². The molecule has 1 aliphatic heterocycles. The number of ether oxygens (including phenoxy) is 1. The van der Waals surface area contributed by atoms with Crippen molar-refractivity contribution in [3.63, 3.8) is 0 Å². The topological polar surface area (TPSA) is 58.6 Å². The van der Waals surface area contributed by atoms with E-state index in [2.05, 4.69) is 19.2 Å². The molecule has 120 valence electrons. The van der Waals surface area contributed by atoms with Gasteiger partial charge in [0.1, 0.15) is 6.42 Å². The minimum atomic E-state index is -0.243. The quantitative estimate of drug-likeness (QED) is 0.847. The number of nitrogens with zero attached hydrogens (tertiary/aromatic N) is 1. The van der Waals surface area contributed by atoms with Gasteiger partial charge in [0.05, 0.1) is 13.2 Å². The molecule has 0 unspecified atom stereocenters. The Hall–Kier alpha value is -1.88. The lowest BCUT2D eigenvalue weighted by atomic mass is 10.0. The van der Waals surface area contributed by atoms with Crippen molar-refractivity contribution < 1.29 is 14.3 Å². The molecule has 0 aromatic heterocycles. The van der Waals surface area contributed by atoms with Crippen LogP contribution in [0.25, 0.3) is 0 Å². The Bertz CT molecular complexity index is 514. The zero-order chi connectivity index (χ0) is 15.9. The van der Waals surface area contributed by atoms with Crippen LogP contribution in [0.1, 0.15) is 31.4 Å². The monoisotopic (exact) mass is 304 g/mol. The second kappa shape index (κ2) is 7.94. The molecule has 0 atom stereocenters. The highest BCUT2D eigenvalue weighted by Gasteiger charge is 2.20. The first-order valence-electron chi connectivity index (χ1n) is 7.91. The number of nitrogens with one attached hydrogen (secondary N) is 1. The molecule has 5 nitrogen and oxygen atoms in total. The smallest absolute Gasteiger partial charge is 0.233 e. The summed E-state index contributed by atoms with van der Waals surface area (Å²) in [7, 11) is 0. The zero-order valence-electron chi connectivity index (χ0n) is 13.4. The number of benzene rings is 1. The van der Waals surface area contributed by atoms with E-state index >= 15 is 0 Å². The largest absolute Gasteiger partial charge is 0.378 e. The van der Waals surface area contributed by atoms with Gasteiger partial charge in [0.25, 0.3) is 0 Å². The standard InChI is InChI=1S/C17H24N2O3/c1-3-13-6-5-7-14(4-2)17(13)18-15(20)12-16(21)19-8-10-22-11-9-19/h5-7H,3-4,8-12H2,1-2H3,(H,18,20). The van der Waals surface area contributed by atoms with Crippen LogP contribution in [0.4, 0.5) is 5.69 Å². The van der Waals surface area contributed by atoms with Crippen molar-refractivity contribution in [2.24, 2.45) is 0 Å². The van der Waals surface area contributed by atoms with Gasteiger partial charge in [-0.2, -0.15) is 0 Å². The highest BCUT2D eigenvalue weighted by molar-refractivity contribution is 6.04. The molecular weight excluding hydrogens is 280 g/mol. The molecule has 22 heavy (non-hydrogen) atoms. The predicted molar refractivity (Wildman–Crippen MR) is 85.8 cm³/mol. The highest BCUT2D eigenvalue weighted by atomic mass is 16.5. The van der Waals surface area contributed by atoms with Crippen molar-refractivity contribution in [3.05, 3.63) is 29.3 Å². The Morgan fingerprint density at radius 1 is 1.14 bits per heavy atom. The van der Waals surface area contributed by atoms with E-state index < -0.39 is 0 Å². The Kier molecular flexibility index (Phi) is 5.95. The fourth-order valence-electron chi connectivity index (χ4n) is 2.65. The van der Waals surface area contributed by atoms with Gasteiger partial charge in [0, 0.05) is 18.8 Å². The SMILES string of the molecule is CCc1cccc(CC)c1NC(=O)CC(=O)N1CCOCC1. The summed E-state index contributed by atoms with van der Waals surface area (Å²) in [4.78, 5) is 26.0. The first-order valence-corrected chi connectivity index (χ1v) is 7.91. The van der Waals surface area contributed by atoms with Crippen LogP contribution < -0.4 is 5.32 Å². The van der Waals surface area contributed by atoms with E-state index in [9.17, 15) is 9.59 Å². The summed E-state index contributed by atoms with van der Waals surface area (Å²) in [5.74, 6) is -0.375. The molecule has 1 N–H and O–H groups in total. The molecule has 1 aromatic rings. The van der Waals surface area contributed by atoms with E-state index in [0.29, 0.717) is 26.3 Å². The van der Waals surface area contributed by atoms with E-state index in [1.54, 1.807) is 4.90 Å². The lowest BCUT2D eigenvalue weighted by Gasteiger charge is -2.26. The van der Waals surface area contributed by atoms with Crippen molar-refractivity contribution in [3.8, 4) is 0 Å². The number of para-hydroxylation sites is 1. The van der Waals surface area contributed by atoms with Gasteiger partial charge in [-0.15, -0.1) is 0 Å². The summed E-state index contributed by atoms with van der Waals surface area (Å²) in [6.07, 6.45) is 1.59. The maximum atomic E-state index is 12.2. The third kappa shape index (κ3) is 4.07. The van der Waals surface area contributed by atoms with Gasteiger partial charge in [-0.25, -0.2) is 0 Å². The summed E-state index contributed by atoms with van der Waals surface area (Å²) in [5.41, 5.74) is 3.07. The van der Waals surface area contributed by atoms with Gasteiger partial charge in [-0.1, -0.05) is 32.0 Å². The third-order valence-electron chi connectivity index (χ3n) is 3.94. The Labute approximate surface area is 131 Å². The normalized spacial score (nSPS) is 14.7. The maximum absolute atomic E-state index is 12.2. The summed E-state index contributed by atoms with van der Waals surface area (Å²) in [6, 6.07) is 6.03. The van der Waals surface area contributed by atoms with Crippen LogP contribution in [0.2, 0.25) is 0 Å². The molecular formula is C17H24N2O3. The number of hydrogen-bond donors (Lipinski definition) is 1. The van der Waals surface area contributed by atoms with Crippen molar-refractivity contribution in [2.45, 2.75) is 33.1 Å². The fraction of sp³-hybridized carbons (Fsp3) is 0.529. The van der Waals surface area contributed by atoms with Crippen LogP contribution in [-0.2, 0) is 27.2 Å². The number of aryl methyl sites for hydroxylation is 2. The van der Waals surface area contributed by atoms with Crippen molar-refractivity contribution in [1.29, 1.82) is 0 Å². The molecule has 0 spiro atoms. The van der Waals surface area contributed by atoms with Crippen LogP contribution >= 0.6 is 0 Å². The van der Waals surface area contributed by atoms with Crippen LogP contribution in [0.15, 0.2) is 18.2 Å². The molecule has 1 heterocycles. The second-order valence-electron chi connectivity index (χ2n) is 5.38. The summed E-state index contributed by atoms with van der Waals surface area (Å²) < 4.78 is 5.22. The van der Waals surface area contributed by atoms with Crippen LogP contribution in [0.3, 0.4) is 0 Å². The van der Waals surface area contributed by atoms with Crippen molar-refractivity contribution in [1.82, 2.24) is 4.90 Å². The lowest BCUT2D eigenvalue weighted by Crippen LogP contribution is -2.42. The average Bonchev–Trinajstić information content (AvgIpc) is 2.55. The van der Waals surface area contributed by atoms with Crippen molar-refractivity contribution >= 4 is 17.5 Å². The molecule has 1 saturated heterocycles. The Morgan fingerprint density at radius 2 is 1.73 bits per heavy atom. The van der Waals surface area contributed by atoms with Gasteiger partial charge >= 0.3 is 0 Å². The third-order valence-corrected chi connectivity index (χ3v) is 3.94. The van der Waals surface area contributed by atoms with Crippen LogP contribution in [0, 0.1) is 0 Å². The number of morpholine rings is 1. The Balaban J connectivity index is 2.01. The minimum absolute atomic E-state index is 0.110. The van der Waals surface area contributed by atoms with Gasteiger partial charge < -0.3 is 15.0 Å². The molecule has 2 amide bonds. The number of rotatable bonds is 5. The number of anilines is 1. The van der Waals surface area contributed by atoms with E-state index in [1.165, 1.54) is 0 Å². The van der Waals surface area contributed by atoms with E-state index in [4.69, 9.17) is 4.74 Å². The molecule has 1 fully saturated rings. The van der Waals surface area contributed by atoms with Gasteiger partial charge in [-0.3, -0.25) is 9.59 Å². The number of carbonyl (C=O) groups excluding carboxylic acids is 2. The molecule has 1 aliphatic rings. The highest BCUT2D eigenvalue weighted by Crippen LogP contribution is 2.22. The van der Waals surface area contributed by atoms with Gasteiger partial charge in [0.15, 0.2) is 0 Å². The average molecular weight is 304 g/mol. The van der Waals surface area contributed by atoms with Crippen LogP contribution in [0.5, 0.6) is 0 Å². The summed E-state index contributed by atoms with van der Waals surface area (Å²) in [5, 5.41) is 2.93. The molecule has 0 saturated carbocycles. The molecule has 0 aliphatic carbocycles. The van der Waals surface area contributed by atoms with E-state index in [-0.39, 0.29) is 18.2 Å². The molecule has 1 aromatic carbocycles. The number of hydrogen-bond acceptors (Lipinski definition) is 3. The predicted octanol–water partition coefficient (Wildman–Crippen LogP) is 2.00. The fourth-order valence-corrected chi connectivity index (χ4v) is 2.65.